The van der Waals surface area contributed by atoms with Crippen LogP contribution < -0.4 is 12.4 Å². The molecule has 1 nitrogen and oxygen atoms in total. The lowest BCUT2D eigenvalue weighted by atomic mass is 10.0. The first-order valence-electron chi connectivity index (χ1n) is 9.14. The van der Waals surface area contributed by atoms with Crippen molar-refractivity contribution in [3.63, 3.8) is 0 Å². The average molecular weight is 338 g/mol. The van der Waals surface area contributed by atoms with Crippen LogP contribution >= 0.6 is 0 Å². The molecule has 0 N–H and O–H groups in total. The number of hydrogen-bond donors (Lipinski definition) is 0. The molecule has 0 radical (unpaired) electrons. The van der Waals surface area contributed by atoms with Crippen molar-refractivity contribution in [2.75, 3.05) is 14.1 Å². The second-order valence-corrected chi connectivity index (χ2v) is 7.11. The molecule has 132 valence electrons. The number of rotatable bonds is 11. The standard InChI is InChI=1S/C21H36N.ClH/c1-5-6-7-8-9-10-12-15-20(2)22(3,4)19-18-21-16-13-11-14-17-21;/h11,13-14,16-20H,5-10,12,15H2,1-4H3;1H/q+1;/p-1. The van der Waals surface area contributed by atoms with Gasteiger partial charge in [-0.2, -0.15) is 0 Å². The fourth-order valence-corrected chi connectivity index (χ4v) is 2.72. The quantitative estimate of drug-likeness (QED) is 0.429. The van der Waals surface area contributed by atoms with E-state index in [0.717, 1.165) is 4.48 Å². The highest BCUT2D eigenvalue weighted by Crippen LogP contribution is 2.17. The van der Waals surface area contributed by atoms with Gasteiger partial charge in [-0.15, -0.1) is 0 Å². The van der Waals surface area contributed by atoms with Gasteiger partial charge in [-0.05, 0) is 31.4 Å². The third-order valence-electron chi connectivity index (χ3n) is 4.81. The Kier molecular flexibility index (Phi) is 12.2. The van der Waals surface area contributed by atoms with Crippen LogP contribution in [0.15, 0.2) is 36.5 Å². The summed E-state index contributed by atoms with van der Waals surface area (Å²) in [6.45, 7) is 4.66. The summed E-state index contributed by atoms with van der Waals surface area (Å²) in [5.41, 5.74) is 1.29. The molecule has 0 saturated heterocycles. The summed E-state index contributed by atoms with van der Waals surface area (Å²) in [6.07, 6.45) is 15.7. The fourth-order valence-electron chi connectivity index (χ4n) is 2.72. The highest BCUT2D eigenvalue weighted by molar-refractivity contribution is 5.47. The molecule has 1 rings (SSSR count). The Morgan fingerprint density at radius 3 is 2.09 bits per heavy atom. The van der Waals surface area contributed by atoms with Gasteiger partial charge in [0.1, 0.15) is 0 Å². The lowest BCUT2D eigenvalue weighted by Gasteiger charge is -2.32. The topological polar surface area (TPSA) is 0 Å². The number of quaternary nitrogens is 1. The highest BCUT2D eigenvalue weighted by Gasteiger charge is 2.20. The molecule has 0 aliphatic heterocycles. The van der Waals surface area contributed by atoms with Gasteiger partial charge in [0, 0.05) is 0 Å². The van der Waals surface area contributed by atoms with E-state index in [1.807, 2.05) is 0 Å². The van der Waals surface area contributed by atoms with Gasteiger partial charge in [0.05, 0.1) is 26.3 Å². The number of hydrogen-bond acceptors (Lipinski definition) is 0. The average Bonchev–Trinajstić information content (AvgIpc) is 2.53. The summed E-state index contributed by atoms with van der Waals surface area (Å²) in [4.78, 5) is 0. The predicted octanol–water partition coefficient (Wildman–Crippen LogP) is 3.27. The van der Waals surface area contributed by atoms with Crippen LogP contribution in [0.1, 0.15) is 70.8 Å². The van der Waals surface area contributed by atoms with Crippen molar-refractivity contribution < 1.29 is 16.9 Å². The molecule has 0 saturated carbocycles. The number of nitrogens with zero attached hydrogens (tertiary/aromatic N) is 1. The largest absolute Gasteiger partial charge is 1.00 e. The lowest BCUT2D eigenvalue weighted by molar-refractivity contribution is -0.863. The molecule has 0 spiro atoms. The monoisotopic (exact) mass is 337 g/mol. The van der Waals surface area contributed by atoms with E-state index in [9.17, 15) is 0 Å². The molecular formula is C21H36ClN. The summed E-state index contributed by atoms with van der Waals surface area (Å²) >= 11 is 0. The van der Waals surface area contributed by atoms with Gasteiger partial charge in [-0.25, -0.2) is 0 Å². The van der Waals surface area contributed by atoms with Gasteiger partial charge in [0.2, 0.25) is 0 Å². The van der Waals surface area contributed by atoms with Crippen molar-refractivity contribution in [1.82, 2.24) is 0 Å². The minimum atomic E-state index is 0. The second-order valence-electron chi connectivity index (χ2n) is 7.11. The number of benzene rings is 1. The molecule has 2 heteroatoms. The van der Waals surface area contributed by atoms with E-state index in [1.165, 1.54) is 56.9 Å². The normalized spacial score (nSPS) is 13.0. The second kappa shape index (κ2) is 12.6. The smallest absolute Gasteiger partial charge is 0.0962 e. The van der Waals surface area contributed by atoms with E-state index in [2.05, 4.69) is 70.6 Å². The van der Waals surface area contributed by atoms with E-state index in [4.69, 9.17) is 0 Å². The van der Waals surface area contributed by atoms with Crippen LogP contribution in [0.4, 0.5) is 0 Å². The minimum absolute atomic E-state index is 0. The molecule has 0 heterocycles. The molecule has 1 aromatic carbocycles. The molecule has 0 aliphatic carbocycles. The Hall–Kier alpha value is -0.790. The van der Waals surface area contributed by atoms with E-state index in [0.29, 0.717) is 6.04 Å². The van der Waals surface area contributed by atoms with Crippen LogP contribution in [-0.2, 0) is 0 Å². The zero-order valence-electron chi connectivity index (χ0n) is 15.6. The van der Waals surface area contributed by atoms with Crippen LogP contribution in [0.2, 0.25) is 0 Å². The Labute approximate surface area is 150 Å². The molecule has 0 fully saturated rings. The van der Waals surface area contributed by atoms with E-state index >= 15 is 0 Å². The summed E-state index contributed by atoms with van der Waals surface area (Å²) in [5.74, 6) is 0. The summed E-state index contributed by atoms with van der Waals surface area (Å²) in [5, 5.41) is 0. The summed E-state index contributed by atoms with van der Waals surface area (Å²) in [7, 11) is 4.62. The fraction of sp³-hybridized carbons (Fsp3) is 0.619. The molecular weight excluding hydrogens is 302 g/mol. The van der Waals surface area contributed by atoms with Gasteiger partial charge < -0.3 is 12.4 Å². The first-order valence-corrected chi connectivity index (χ1v) is 9.14. The zero-order chi connectivity index (χ0) is 16.3. The third kappa shape index (κ3) is 9.84. The van der Waals surface area contributed by atoms with Gasteiger partial charge in [-0.1, -0.05) is 75.8 Å². The predicted molar refractivity (Wildman–Crippen MR) is 99.7 cm³/mol. The molecule has 0 aliphatic rings. The Morgan fingerprint density at radius 1 is 0.913 bits per heavy atom. The van der Waals surface area contributed by atoms with E-state index in [1.54, 1.807) is 0 Å². The third-order valence-corrected chi connectivity index (χ3v) is 4.81. The lowest BCUT2D eigenvalue weighted by Crippen LogP contribution is -3.00. The molecule has 1 unspecified atom stereocenters. The Bertz CT molecular complexity index is 411. The van der Waals surface area contributed by atoms with Crippen molar-refractivity contribution in [3.05, 3.63) is 42.1 Å². The number of unbranched alkanes of at least 4 members (excludes halogenated alkanes) is 6. The molecule has 1 atom stereocenters. The zero-order valence-corrected chi connectivity index (χ0v) is 16.4. The summed E-state index contributed by atoms with van der Waals surface area (Å²) in [6, 6.07) is 11.3. The van der Waals surface area contributed by atoms with Gasteiger partial charge in [0.25, 0.3) is 0 Å². The molecule has 0 bridgehead atoms. The minimum Gasteiger partial charge on any atom is -1.00 e. The number of halogens is 1. The first-order chi connectivity index (χ1) is 10.6. The molecule has 1 aromatic rings. The first kappa shape index (κ1) is 22.2. The van der Waals surface area contributed by atoms with Gasteiger partial charge in [-0.3, -0.25) is 4.48 Å². The van der Waals surface area contributed by atoms with E-state index < -0.39 is 0 Å². The Morgan fingerprint density at radius 2 is 1.48 bits per heavy atom. The van der Waals surface area contributed by atoms with Crippen LogP contribution in [0.25, 0.3) is 6.08 Å². The van der Waals surface area contributed by atoms with Crippen molar-refractivity contribution in [2.24, 2.45) is 0 Å². The van der Waals surface area contributed by atoms with Crippen LogP contribution in [0.5, 0.6) is 0 Å². The molecule has 0 aromatic heterocycles. The molecule has 23 heavy (non-hydrogen) atoms. The van der Waals surface area contributed by atoms with Gasteiger partial charge in [0.15, 0.2) is 0 Å². The van der Waals surface area contributed by atoms with Crippen molar-refractivity contribution >= 4 is 6.08 Å². The maximum Gasteiger partial charge on any atom is 0.0962 e. The van der Waals surface area contributed by atoms with Crippen LogP contribution in [0.3, 0.4) is 0 Å². The van der Waals surface area contributed by atoms with Crippen molar-refractivity contribution in [3.8, 4) is 0 Å². The SMILES string of the molecule is CCCCCCCCCC(C)[N+](C)(C)C=Cc1ccccc1.[Cl-]. The maximum absolute atomic E-state index is 2.38. The van der Waals surface area contributed by atoms with Gasteiger partial charge >= 0.3 is 0 Å². The van der Waals surface area contributed by atoms with Crippen LogP contribution in [0, 0.1) is 0 Å². The molecule has 0 amide bonds. The Balaban J connectivity index is 0.00000484. The van der Waals surface area contributed by atoms with E-state index in [-0.39, 0.29) is 12.4 Å². The van der Waals surface area contributed by atoms with Crippen LogP contribution in [-0.4, -0.2) is 24.6 Å². The van der Waals surface area contributed by atoms with Crippen molar-refractivity contribution in [2.45, 2.75) is 71.3 Å². The van der Waals surface area contributed by atoms with Crippen molar-refractivity contribution in [1.29, 1.82) is 0 Å². The highest BCUT2D eigenvalue weighted by atomic mass is 35.5. The summed E-state index contributed by atoms with van der Waals surface area (Å²) < 4.78 is 0.963. The maximum atomic E-state index is 2.38.